The number of carbonyl (C=O) groups excluding carboxylic acids is 1. The highest BCUT2D eigenvalue weighted by atomic mass is 16.5. The molecule has 1 atom stereocenters. The highest BCUT2D eigenvalue weighted by Gasteiger charge is 2.31. The Labute approximate surface area is 181 Å². The van der Waals surface area contributed by atoms with Crippen LogP contribution in [0.1, 0.15) is 77.1 Å². The number of nitrogens with zero attached hydrogens (tertiary/aromatic N) is 4. The van der Waals surface area contributed by atoms with E-state index in [1.54, 1.807) is 0 Å². The molecule has 1 aliphatic heterocycles. The molecule has 31 heavy (non-hydrogen) atoms. The van der Waals surface area contributed by atoms with Gasteiger partial charge >= 0.3 is 0 Å². The number of carbonyl (C=O) groups is 1. The summed E-state index contributed by atoms with van der Waals surface area (Å²) in [5.74, 6) is 0.212. The number of hydrogen-bond donors (Lipinski definition) is 1. The van der Waals surface area contributed by atoms with E-state index in [2.05, 4.69) is 16.4 Å². The molecule has 0 spiro atoms. The number of hydrogen-bond acceptors (Lipinski definition) is 5. The minimum atomic E-state index is -0.277. The van der Waals surface area contributed by atoms with Crippen LogP contribution < -0.4 is 5.32 Å². The molecule has 2 aliphatic rings. The van der Waals surface area contributed by atoms with Gasteiger partial charge in [-0.05, 0) is 75.3 Å². The quantitative estimate of drug-likeness (QED) is 0.664. The van der Waals surface area contributed by atoms with Crippen LogP contribution in [0, 0.1) is 25.2 Å². The van der Waals surface area contributed by atoms with Crippen LogP contribution in [0.2, 0.25) is 0 Å². The summed E-state index contributed by atoms with van der Waals surface area (Å²) in [6.07, 6.45) is 6.97. The molecule has 1 saturated carbocycles. The van der Waals surface area contributed by atoms with Gasteiger partial charge in [-0.25, -0.2) is 9.67 Å². The SMILES string of the molecule is Cc1c(C#N)cnc(C(=O)Nc2ccc3c(c2)c(C2CC2)nn3C2CCCCO2)c1C. The molecule has 0 bridgehead atoms. The van der Waals surface area contributed by atoms with Crippen molar-refractivity contribution in [3.63, 3.8) is 0 Å². The summed E-state index contributed by atoms with van der Waals surface area (Å²) < 4.78 is 8.01. The Hall–Kier alpha value is -3.24. The Morgan fingerprint density at radius 2 is 2.06 bits per heavy atom. The fourth-order valence-corrected chi connectivity index (χ4v) is 4.27. The predicted octanol–water partition coefficient (Wildman–Crippen LogP) is 4.75. The average Bonchev–Trinajstić information content (AvgIpc) is 3.56. The molecule has 3 heterocycles. The fraction of sp³-hybridized carbons (Fsp3) is 0.417. The van der Waals surface area contributed by atoms with Crippen LogP contribution in [0.4, 0.5) is 5.69 Å². The highest BCUT2D eigenvalue weighted by molar-refractivity contribution is 6.05. The lowest BCUT2D eigenvalue weighted by atomic mass is 10.0. The van der Waals surface area contributed by atoms with E-state index in [1.807, 2.05) is 36.7 Å². The molecule has 7 nitrogen and oxygen atoms in total. The van der Waals surface area contributed by atoms with Crippen molar-refractivity contribution in [3.05, 3.63) is 52.5 Å². The Morgan fingerprint density at radius 3 is 2.77 bits per heavy atom. The normalized spacial score (nSPS) is 18.7. The predicted molar refractivity (Wildman–Crippen MR) is 117 cm³/mol. The van der Waals surface area contributed by atoms with E-state index in [0.717, 1.165) is 66.4 Å². The van der Waals surface area contributed by atoms with E-state index >= 15 is 0 Å². The molecule has 1 aliphatic carbocycles. The topological polar surface area (TPSA) is 92.8 Å². The first-order chi connectivity index (χ1) is 15.1. The first-order valence-corrected chi connectivity index (χ1v) is 10.9. The van der Waals surface area contributed by atoms with Crippen LogP contribution in [-0.2, 0) is 4.74 Å². The number of nitriles is 1. The van der Waals surface area contributed by atoms with Crippen molar-refractivity contribution in [1.82, 2.24) is 14.8 Å². The second kappa shape index (κ2) is 7.78. The van der Waals surface area contributed by atoms with E-state index in [0.29, 0.717) is 22.9 Å². The van der Waals surface area contributed by atoms with Crippen molar-refractivity contribution >= 4 is 22.5 Å². The summed E-state index contributed by atoms with van der Waals surface area (Å²) in [6, 6.07) is 8.05. The molecule has 158 valence electrons. The van der Waals surface area contributed by atoms with Gasteiger partial charge in [-0.1, -0.05) is 0 Å². The molecule has 5 rings (SSSR count). The Kier molecular flexibility index (Phi) is 4.95. The summed E-state index contributed by atoms with van der Waals surface area (Å²) in [6.45, 7) is 4.43. The largest absolute Gasteiger partial charge is 0.356 e. The third-order valence-corrected chi connectivity index (χ3v) is 6.37. The molecule has 1 unspecified atom stereocenters. The molecule has 0 radical (unpaired) electrons. The summed E-state index contributed by atoms with van der Waals surface area (Å²) in [4.78, 5) is 17.1. The van der Waals surface area contributed by atoms with Crippen molar-refractivity contribution < 1.29 is 9.53 Å². The van der Waals surface area contributed by atoms with Gasteiger partial charge in [0.25, 0.3) is 5.91 Å². The zero-order valence-corrected chi connectivity index (χ0v) is 17.8. The third-order valence-electron chi connectivity index (χ3n) is 6.37. The average molecular weight is 415 g/mol. The minimum absolute atomic E-state index is 0.0161. The van der Waals surface area contributed by atoms with Crippen LogP contribution in [0.3, 0.4) is 0 Å². The van der Waals surface area contributed by atoms with Gasteiger partial charge in [0, 0.05) is 29.8 Å². The van der Waals surface area contributed by atoms with E-state index < -0.39 is 0 Å². The number of ether oxygens (including phenoxy) is 1. The van der Waals surface area contributed by atoms with Gasteiger partial charge in [0.1, 0.15) is 11.8 Å². The number of fused-ring (bicyclic) bond motifs is 1. The van der Waals surface area contributed by atoms with Gasteiger partial charge in [0.15, 0.2) is 6.23 Å². The van der Waals surface area contributed by atoms with Crippen molar-refractivity contribution in [1.29, 1.82) is 5.26 Å². The Balaban J connectivity index is 1.47. The summed E-state index contributed by atoms with van der Waals surface area (Å²) >= 11 is 0. The number of anilines is 1. The minimum Gasteiger partial charge on any atom is -0.356 e. The molecular formula is C24H25N5O2. The first-order valence-electron chi connectivity index (χ1n) is 10.9. The maximum absolute atomic E-state index is 12.9. The summed E-state index contributed by atoms with van der Waals surface area (Å²) in [7, 11) is 0. The number of pyridine rings is 1. The van der Waals surface area contributed by atoms with E-state index in [4.69, 9.17) is 9.84 Å². The fourth-order valence-electron chi connectivity index (χ4n) is 4.27. The van der Waals surface area contributed by atoms with Gasteiger partial charge in [0.2, 0.25) is 0 Å². The zero-order chi connectivity index (χ0) is 21.5. The van der Waals surface area contributed by atoms with E-state index in [9.17, 15) is 10.1 Å². The molecule has 2 aromatic heterocycles. The summed E-state index contributed by atoms with van der Waals surface area (Å²) in [5.41, 5.74) is 5.19. The van der Waals surface area contributed by atoms with E-state index in [1.165, 1.54) is 6.20 Å². The number of rotatable bonds is 4. The van der Waals surface area contributed by atoms with Crippen molar-refractivity contribution in [2.75, 3.05) is 11.9 Å². The maximum Gasteiger partial charge on any atom is 0.274 e. The van der Waals surface area contributed by atoms with Gasteiger partial charge in [-0.15, -0.1) is 0 Å². The molecule has 1 saturated heterocycles. The van der Waals surface area contributed by atoms with Crippen molar-refractivity contribution in [2.45, 2.75) is 58.1 Å². The Bertz CT molecular complexity index is 1210. The van der Waals surface area contributed by atoms with Crippen molar-refractivity contribution in [3.8, 4) is 6.07 Å². The number of amides is 1. The number of nitrogens with one attached hydrogen (secondary N) is 1. The molecule has 1 amide bonds. The van der Waals surface area contributed by atoms with Gasteiger partial charge < -0.3 is 10.1 Å². The molecule has 2 fully saturated rings. The molecule has 3 aromatic rings. The van der Waals surface area contributed by atoms with Crippen LogP contribution in [0.15, 0.2) is 24.4 Å². The third kappa shape index (κ3) is 3.57. The van der Waals surface area contributed by atoms with Gasteiger partial charge in [-0.3, -0.25) is 4.79 Å². The van der Waals surface area contributed by atoms with Crippen LogP contribution in [0.5, 0.6) is 0 Å². The van der Waals surface area contributed by atoms with Crippen molar-refractivity contribution in [2.24, 2.45) is 0 Å². The number of benzene rings is 1. The smallest absolute Gasteiger partial charge is 0.274 e. The second-order valence-corrected chi connectivity index (χ2v) is 8.49. The lowest BCUT2D eigenvalue weighted by Gasteiger charge is -2.23. The van der Waals surface area contributed by atoms with Crippen LogP contribution in [-0.4, -0.2) is 27.3 Å². The second-order valence-electron chi connectivity index (χ2n) is 8.49. The Morgan fingerprint density at radius 1 is 1.23 bits per heavy atom. The highest BCUT2D eigenvalue weighted by Crippen LogP contribution is 2.44. The first kappa shape index (κ1) is 19.7. The monoisotopic (exact) mass is 415 g/mol. The molecule has 1 N–H and O–H groups in total. The van der Waals surface area contributed by atoms with Crippen LogP contribution in [0.25, 0.3) is 10.9 Å². The molecule has 7 heteroatoms. The maximum atomic E-state index is 12.9. The van der Waals surface area contributed by atoms with Gasteiger partial charge in [-0.2, -0.15) is 10.4 Å². The molecule has 1 aromatic carbocycles. The van der Waals surface area contributed by atoms with Gasteiger partial charge in [0.05, 0.1) is 16.8 Å². The molecular weight excluding hydrogens is 390 g/mol. The standard InChI is InChI=1S/C24H25N5O2/c1-14-15(2)22(26-13-17(14)12-25)24(30)27-18-8-9-20-19(11-18)23(16-6-7-16)28-29(20)21-5-3-4-10-31-21/h8-9,11,13,16,21H,3-7,10H2,1-2H3,(H,27,30). The lowest BCUT2D eigenvalue weighted by molar-refractivity contribution is -0.0368. The zero-order valence-electron chi connectivity index (χ0n) is 17.8. The van der Waals surface area contributed by atoms with Crippen LogP contribution >= 0.6 is 0 Å². The lowest BCUT2D eigenvalue weighted by Crippen LogP contribution is -2.19. The number of aromatic nitrogens is 3. The van der Waals surface area contributed by atoms with E-state index in [-0.39, 0.29) is 12.1 Å². The summed E-state index contributed by atoms with van der Waals surface area (Å²) in [5, 5.41) is 18.2.